The zero-order valence-corrected chi connectivity index (χ0v) is 11.7. The van der Waals surface area contributed by atoms with Crippen LogP contribution in [0.25, 0.3) is 0 Å². The second kappa shape index (κ2) is 5.19. The predicted octanol–water partition coefficient (Wildman–Crippen LogP) is 2.76. The number of benzene rings is 1. The molecule has 92 valence electrons. The maximum Gasteiger partial charge on any atom is 0.255 e. The number of halogens is 1. The standard InChI is InChI=1S/C13H16BrNO2/c1-3-17-9(2)13(16)15-7-6-10-4-5-11(14)8-12(10)15/h4-5,8-9H,3,6-7H2,1-2H3/t9-/m1/s1. The van der Waals surface area contributed by atoms with Crippen LogP contribution in [0.5, 0.6) is 0 Å². The molecule has 0 spiro atoms. The van der Waals surface area contributed by atoms with Gasteiger partial charge in [0.15, 0.2) is 0 Å². The van der Waals surface area contributed by atoms with Crippen LogP contribution in [0.1, 0.15) is 19.4 Å². The topological polar surface area (TPSA) is 29.5 Å². The van der Waals surface area contributed by atoms with E-state index in [9.17, 15) is 4.79 Å². The summed E-state index contributed by atoms with van der Waals surface area (Å²) in [5.41, 5.74) is 2.24. The Labute approximate surface area is 110 Å². The lowest BCUT2D eigenvalue weighted by Gasteiger charge is -2.21. The molecule has 3 nitrogen and oxygen atoms in total. The smallest absolute Gasteiger partial charge is 0.255 e. The minimum atomic E-state index is -0.370. The van der Waals surface area contributed by atoms with Crippen molar-refractivity contribution in [3.05, 3.63) is 28.2 Å². The maximum absolute atomic E-state index is 12.2. The van der Waals surface area contributed by atoms with Crippen molar-refractivity contribution in [2.75, 3.05) is 18.1 Å². The molecule has 0 radical (unpaired) electrons. The summed E-state index contributed by atoms with van der Waals surface area (Å²) in [5, 5.41) is 0. The average Bonchev–Trinajstić information content (AvgIpc) is 2.71. The summed E-state index contributed by atoms with van der Waals surface area (Å²) < 4.78 is 6.36. The van der Waals surface area contributed by atoms with E-state index in [4.69, 9.17) is 4.74 Å². The van der Waals surface area contributed by atoms with E-state index in [2.05, 4.69) is 22.0 Å². The van der Waals surface area contributed by atoms with Crippen molar-refractivity contribution >= 4 is 27.5 Å². The minimum Gasteiger partial charge on any atom is -0.369 e. The lowest BCUT2D eigenvalue weighted by molar-refractivity contribution is -0.128. The van der Waals surface area contributed by atoms with Crippen molar-refractivity contribution in [1.29, 1.82) is 0 Å². The number of nitrogens with zero attached hydrogens (tertiary/aromatic N) is 1. The van der Waals surface area contributed by atoms with Gasteiger partial charge in [0.05, 0.1) is 0 Å². The molecule has 1 aromatic carbocycles. The third-order valence-electron chi connectivity index (χ3n) is 2.97. The largest absolute Gasteiger partial charge is 0.369 e. The molecule has 17 heavy (non-hydrogen) atoms. The molecule has 1 aliphatic heterocycles. The van der Waals surface area contributed by atoms with E-state index in [1.165, 1.54) is 5.56 Å². The Morgan fingerprint density at radius 3 is 3.06 bits per heavy atom. The molecule has 1 aliphatic rings. The van der Waals surface area contributed by atoms with Gasteiger partial charge in [0.25, 0.3) is 5.91 Å². The Hall–Kier alpha value is -0.870. The molecule has 0 saturated carbocycles. The normalized spacial score (nSPS) is 15.8. The fourth-order valence-corrected chi connectivity index (χ4v) is 2.47. The summed E-state index contributed by atoms with van der Waals surface area (Å²) in [6, 6.07) is 6.08. The van der Waals surface area contributed by atoms with Crippen molar-refractivity contribution in [1.82, 2.24) is 0 Å². The molecule has 0 fully saturated rings. The molecule has 0 aliphatic carbocycles. The second-order valence-corrected chi connectivity index (χ2v) is 5.03. The highest BCUT2D eigenvalue weighted by Gasteiger charge is 2.28. The van der Waals surface area contributed by atoms with Crippen LogP contribution < -0.4 is 4.90 Å². The summed E-state index contributed by atoms with van der Waals surface area (Å²) in [7, 11) is 0. The van der Waals surface area contributed by atoms with E-state index in [0.717, 1.165) is 23.1 Å². The summed E-state index contributed by atoms with van der Waals surface area (Å²) in [6.45, 7) is 5.02. The van der Waals surface area contributed by atoms with Gasteiger partial charge in [-0.2, -0.15) is 0 Å². The van der Waals surface area contributed by atoms with Gasteiger partial charge in [-0.25, -0.2) is 0 Å². The number of rotatable bonds is 3. The minimum absolute atomic E-state index is 0.0451. The SMILES string of the molecule is CCO[C@H](C)C(=O)N1CCc2ccc(Br)cc21. The van der Waals surface area contributed by atoms with E-state index in [0.29, 0.717) is 6.61 Å². The molecule has 1 heterocycles. The maximum atomic E-state index is 12.2. The van der Waals surface area contributed by atoms with Crippen molar-refractivity contribution in [3.8, 4) is 0 Å². The van der Waals surface area contributed by atoms with E-state index < -0.39 is 0 Å². The number of ether oxygens (including phenoxy) is 1. The van der Waals surface area contributed by atoms with Crippen LogP contribution in [0.2, 0.25) is 0 Å². The Morgan fingerprint density at radius 2 is 2.35 bits per heavy atom. The van der Waals surface area contributed by atoms with Crippen molar-refractivity contribution in [2.45, 2.75) is 26.4 Å². The number of carbonyl (C=O) groups is 1. The molecule has 1 amide bonds. The van der Waals surface area contributed by atoms with Gasteiger partial charge < -0.3 is 9.64 Å². The third kappa shape index (κ3) is 2.53. The quantitative estimate of drug-likeness (QED) is 0.859. The van der Waals surface area contributed by atoms with Crippen LogP contribution in [0.15, 0.2) is 22.7 Å². The Morgan fingerprint density at radius 1 is 1.59 bits per heavy atom. The van der Waals surface area contributed by atoms with Gasteiger partial charge in [0, 0.05) is 23.3 Å². The lowest BCUT2D eigenvalue weighted by Crippen LogP contribution is -2.38. The van der Waals surface area contributed by atoms with Gasteiger partial charge in [-0.05, 0) is 38.0 Å². The molecule has 0 unspecified atom stereocenters. The number of hydrogen-bond donors (Lipinski definition) is 0. The van der Waals surface area contributed by atoms with Crippen LogP contribution >= 0.6 is 15.9 Å². The van der Waals surface area contributed by atoms with Crippen molar-refractivity contribution in [3.63, 3.8) is 0 Å². The molecular formula is C13H16BrNO2. The molecule has 1 aromatic rings. The average molecular weight is 298 g/mol. The van der Waals surface area contributed by atoms with Gasteiger partial charge in [-0.3, -0.25) is 4.79 Å². The Kier molecular flexibility index (Phi) is 3.84. The second-order valence-electron chi connectivity index (χ2n) is 4.11. The number of hydrogen-bond acceptors (Lipinski definition) is 2. The monoisotopic (exact) mass is 297 g/mol. The molecule has 2 rings (SSSR count). The van der Waals surface area contributed by atoms with E-state index >= 15 is 0 Å². The molecule has 4 heteroatoms. The van der Waals surface area contributed by atoms with E-state index in [1.54, 1.807) is 0 Å². The van der Waals surface area contributed by atoms with Gasteiger partial charge in [-0.1, -0.05) is 22.0 Å². The molecule has 0 saturated heterocycles. The van der Waals surface area contributed by atoms with Gasteiger partial charge in [-0.15, -0.1) is 0 Å². The highest BCUT2D eigenvalue weighted by atomic mass is 79.9. The molecule has 0 bridgehead atoms. The summed E-state index contributed by atoms with van der Waals surface area (Å²) in [5.74, 6) is 0.0451. The Bertz CT molecular complexity index is 433. The van der Waals surface area contributed by atoms with Crippen molar-refractivity contribution < 1.29 is 9.53 Å². The first-order valence-corrected chi connectivity index (χ1v) is 6.64. The first-order valence-electron chi connectivity index (χ1n) is 5.85. The van der Waals surface area contributed by atoms with Crippen LogP contribution in [0.4, 0.5) is 5.69 Å². The zero-order chi connectivity index (χ0) is 12.4. The molecule has 0 aromatic heterocycles. The summed E-state index contributed by atoms with van der Waals surface area (Å²) in [6.07, 6.45) is 0.553. The zero-order valence-electron chi connectivity index (χ0n) is 10.1. The van der Waals surface area contributed by atoms with E-state index in [-0.39, 0.29) is 12.0 Å². The van der Waals surface area contributed by atoms with Gasteiger partial charge in [0.1, 0.15) is 6.10 Å². The lowest BCUT2D eigenvalue weighted by atomic mass is 10.2. The predicted molar refractivity (Wildman–Crippen MR) is 71.3 cm³/mol. The summed E-state index contributed by atoms with van der Waals surface area (Å²) in [4.78, 5) is 14.0. The molecule has 0 N–H and O–H groups in total. The number of amides is 1. The van der Waals surface area contributed by atoms with Crippen LogP contribution in [0.3, 0.4) is 0 Å². The fourth-order valence-electron chi connectivity index (χ4n) is 2.12. The first-order chi connectivity index (χ1) is 8.13. The highest BCUT2D eigenvalue weighted by molar-refractivity contribution is 9.10. The highest BCUT2D eigenvalue weighted by Crippen LogP contribution is 2.31. The third-order valence-corrected chi connectivity index (χ3v) is 3.47. The summed E-state index contributed by atoms with van der Waals surface area (Å²) >= 11 is 3.44. The molecule has 1 atom stereocenters. The van der Waals surface area contributed by atoms with Crippen molar-refractivity contribution in [2.24, 2.45) is 0 Å². The number of fused-ring (bicyclic) bond motifs is 1. The van der Waals surface area contributed by atoms with Crippen LogP contribution in [0, 0.1) is 0 Å². The number of carbonyl (C=O) groups excluding carboxylic acids is 1. The van der Waals surface area contributed by atoms with Crippen LogP contribution in [-0.2, 0) is 16.0 Å². The van der Waals surface area contributed by atoms with Gasteiger partial charge in [0.2, 0.25) is 0 Å². The van der Waals surface area contributed by atoms with E-state index in [1.807, 2.05) is 30.9 Å². The van der Waals surface area contributed by atoms with Crippen LogP contribution in [-0.4, -0.2) is 25.2 Å². The Balaban J connectivity index is 2.21. The first kappa shape index (κ1) is 12.6. The van der Waals surface area contributed by atoms with Gasteiger partial charge >= 0.3 is 0 Å². The number of anilines is 1. The molecular weight excluding hydrogens is 282 g/mol. The fraction of sp³-hybridized carbons (Fsp3) is 0.462.